The maximum atomic E-state index is 11.2. The van der Waals surface area contributed by atoms with Gasteiger partial charge in [-0.3, -0.25) is 0 Å². The van der Waals surface area contributed by atoms with E-state index < -0.39 is 5.97 Å². The van der Waals surface area contributed by atoms with Gasteiger partial charge in [-0.25, -0.2) is 9.78 Å². The van der Waals surface area contributed by atoms with E-state index in [-0.39, 0.29) is 5.92 Å². The van der Waals surface area contributed by atoms with E-state index in [1.165, 1.54) is 12.8 Å². The summed E-state index contributed by atoms with van der Waals surface area (Å²) in [7, 11) is 0. The van der Waals surface area contributed by atoms with Crippen molar-refractivity contribution >= 4 is 11.8 Å². The topological polar surface area (TPSA) is 53.4 Å². The quantitative estimate of drug-likeness (QED) is 0.855. The highest BCUT2D eigenvalue weighted by Gasteiger charge is 2.25. The Morgan fingerprint density at radius 1 is 1.47 bits per heavy atom. The van der Waals surface area contributed by atoms with Crippen molar-refractivity contribution in [3.05, 3.63) is 23.4 Å². The molecular formula is C15H22N2O2. The number of rotatable bonds is 6. The largest absolute Gasteiger partial charge is 0.478 e. The van der Waals surface area contributed by atoms with Gasteiger partial charge in [0.25, 0.3) is 0 Å². The van der Waals surface area contributed by atoms with Gasteiger partial charge in [0.1, 0.15) is 5.82 Å². The third kappa shape index (κ3) is 3.46. The lowest BCUT2D eigenvalue weighted by Crippen LogP contribution is -2.27. The Kier molecular flexibility index (Phi) is 4.08. The van der Waals surface area contributed by atoms with Crippen LogP contribution in [0.4, 0.5) is 5.82 Å². The molecule has 4 heteroatoms. The number of carboxylic acids is 1. The van der Waals surface area contributed by atoms with Gasteiger partial charge in [0.2, 0.25) is 0 Å². The molecule has 1 aromatic rings. The van der Waals surface area contributed by atoms with E-state index in [2.05, 4.69) is 16.8 Å². The van der Waals surface area contributed by atoms with Crippen molar-refractivity contribution in [2.45, 2.75) is 39.5 Å². The van der Waals surface area contributed by atoms with Gasteiger partial charge in [0.05, 0.1) is 5.56 Å². The van der Waals surface area contributed by atoms with E-state index in [4.69, 9.17) is 0 Å². The summed E-state index contributed by atoms with van der Waals surface area (Å²) in [5.41, 5.74) is 1.19. The molecule has 0 bridgehead atoms. The second-order valence-corrected chi connectivity index (χ2v) is 5.58. The molecule has 2 rings (SSSR count). The Labute approximate surface area is 114 Å². The lowest BCUT2D eigenvalue weighted by molar-refractivity contribution is 0.0696. The summed E-state index contributed by atoms with van der Waals surface area (Å²) >= 11 is 0. The molecule has 0 saturated heterocycles. The second-order valence-electron chi connectivity index (χ2n) is 5.58. The van der Waals surface area contributed by atoms with E-state index in [9.17, 15) is 9.90 Å². The summed E-state index contributed by atoms with van der Waals surface area (Å²) in [5, 5.41) is 9.22. The highest BCUT2D eigenvalue weighted by molar-refractivity contribution is 5.88. The number of nitrogens with zero attached hydrogens (tertiary/aromatic N) is 2. The smallest absolute Gasteiger partial charge is 0.335 e. The van der Waals surface area contributed by atoms with Crippen LogP contribution in [0.5, 0.6) is 0 Å². The van der Waals surface area contributed by atoms with Crippen molar-refractivity contribution in [3.8, 4) is 0 Å². The highest BCUT2D eigenvalue weighted by Crippen LogP contribution is 2.31. The Balaban J connectivity index is 2.32. The fourth-order valence-corrected chi connectivity index (χ4v) is 2.11. The fraction of sp³-hybridized carbons (Fsp3) is 0.600. The lowest BCUT2D eigenvalue weighted by atomic mass is 10.1. The van der Waals surface area contributed by atoms with Crippen LogP contribution in [0.15, 0.2) is 12.1 Å². The maximum absolute atomic E-state index is 11.2. The Morgan fingerprint density at radius 2 is 2.16 bits per heavy atom. The van der Waals surface area contributed by atoms with Gasteiger partial charge in [-0.05, 0) is 43.7 Å². The molecule has 1 saturated carbocycles. The first-order valence-corrected chi connectivity index (χ1v) is 7.01. The maximum Gasteiger partial charge on any atom is 0.335 e. The molecule has 0 atom stereocenters. The zero-order valence-corrected chi connectivity index (χ0v) is 11.9. The predicted molar refractivity (Wildman–Crippen MR) is 75.9 cm³/mol. The number of anilines is 1. The standard InChI is InChI=1S/C15H22N2O2/c1-4-17(9-11-5-6-11)14-8-12(15(18)19)7-13(16-14)10(2)3/h7-8,10-11H,4-6,9H2,1-3H3,(H,18,19). The Hall–Kier alpha value is -1.58. The van der Waals surface area contributed by atoms with Crippen molar-refractivity contribution in [2.24, 2.45) is 5.92 Å². The SMILES string of the molecule is CCN(CC1CC1)c1cc(C(=O)O)cc(C(C)C)n1. The van der Waals surface area contributed by atoms with Crippen LogP contribution in [0.1, 0.15) is 55.6 Å². The first-order valence-electron chi connectivity index (χ1n) is 7.01. The van der Waals surface area contributed by atoms with Gasteiger partial charge < -0.3 is 10.0 Å². The Bertz CT molecular complexity index is 467. The molecule has 1 N–H and O–H groups in total. The summed E-state index contributed by atoms with van der Waals surface area (Å²) in [6.07, 6.45) is 2.57. The molecule has 1 aromatic heterocycles. The summed E-state index contributed by atoms with van der Waals surface area (Å²) in [4.78, 5) is 18.0. The van der Waals surface area contributed by atoms with Gasteiger partial charge in [-0.15, -0.1) is 0 Å². The molecule has 19 heavy (non-hydrogen) atoms. The van der Waals surface area contributed by atoms with Crippen LogP contribution in [0.2, 0.25) is 0 Å². The molecule has 0 spiro atoms. The number of carboxylic acid groups (broad SMARTS) is 1. The summed E-state index contributed by atoms with van der Waals surface area (Å²) in [5.74, 6) is 0.918. The van der Waals surface area contributed by atoms with Gasteiger partial charge in [-0.2, -0.15) is 0 Å². The van der Waals surface area contributed by atoms with Crippen molar-refractivity contribution in [1.29, 1.82) is 0 Å². The fourth-order valence-electron chi connectivity index (χ4n) is 2.11. The lowest BCUT2D eigenvalue weighted by Gasteiger charge is -2.23. The minimum absolute atomic E-state index is 0.234. The van der Waals surface area contributed by atoms with E-state index in [1.54, 1.807) is 12.1 Å². The zero-order chi connectivity index (χ0) is 14.0. The molecule has 4 nitrogen and oxygen atoms in total. The van der Waals surface area contributed by atoms with Crippen LogP contribution >= 0.6 is 0 Å². The minimum atomic E-state index is -0.881. The molecule has 0 unspecified atom stereocenters. The summed E-state index contributed by atoms with van der Waals surface area (Å²) in [6, 6.07) is 3.38. The van der Waals surface area contributed by atoms with Crippen LogP contribution in [0.25, 0.3) is 0 Å². The van der Waals surface area contributed by atoms with Gasteiger partial charge >= 0.3 is 5.97 Å². The second kappa shape index (κ2) is 5.59. The van der Waals surface area contributed by atoms with Crippen LogP contribution < -0.4 is 4.90 Å². The number of aromatic nitrogens is 1. The van der Waals surface area contributed by atoms with Crippen LogP contribution in [0, 0.1) is 5.92 Å². The molecule has 1 aliphatic carbocycles. The molecule has 0 aliphatic heterocycles. The van der Waals surface area contributed by atoms with Crippen molar-refractivity contribution < 1.29 is 9.90 Å². The molecule has 0 aromatic carbocycles. The molecule has 1 aliphatic rings. The van der Waals surface area contributed by atoms with Crippen LogP contribution in [-0.2, 0) is 0 Å². The number of hydrogen-bond donors (Lipinski definition) is 1. The highest BCUT2D eigenvalue weighted by atomic mass is 16.4. The van der Waals surface area contributed by atoms with Crippen molar-refractivity contribution in [2.75, 3.05) is 18.0 Å². The molecule has 1 fully saturated rings. The summed E-state index contributed by atoms with van der Waals surface area (Å²) < 4.78 is 0. The molecular weight excluding hydrogens is 240 g/mol. The van der Waals surface area contributed by atoms with E-state index in [0.717, 1.165) is 30.5 Å². The average Bonchev–Trinajstić information content (AvgIpc) is 3.19. The van der Waals surface area contributed by atoms with Crippen molar-refractivity contribution in [1.82, 2.24) is 4.98 Å². The summed E-state index contributed by atoms with van der Waals surface area (Å²) in [6.45, 7) is 8.02. The number of pyridine rings is 1. The van der Waals surface area contributed by atoms with E-state index in [1.807, 2.05) is 13.8 Å². The Morgan fingerprint density at radius 3 is 2.63 bits per heavy atom. The van der Waals surface area contributed by atoms with Crippen LogP contribution in [-0.4, -0.2) is 29.1 Å². The number of hydrogen-bond acceptors (Lipinski definition) is 3. The van der Waals surface area contributed by atoms with Crippen LogP contribution in [0.3, 0.4) is 0 Å². The molecule has 0 amide bonds. The van der Waals surface area contributed by atoms with Gasteiger partial charge in [0, 0.05) is 18.8 Å². The van der Waals surface area contributed by atoms with E-state index >= 15 is 0 Å². The van der Waals surface area contributed by atoms with Gasteiger partial charge in [-0.1, -0.05) is 13.8 Å². The predicted octanol–water partition coefficient (Wildman–Crippen LogP) is 3.14. The number of aromatic carboxylic acids is 1. The minimum Gasteiger partial charge on any atom is -0.478 e. The monoisotopic (exact) mass is 262 g/mol. The molecule has 1 heterocycles. The normalized spacial score (nSPS) is 14.7. The third-order valence-electron chi connectivity index (χ3n) is 3.55. The third-order valence-corrected chi connectivity index (χ3v) is 3.55. The first-order chi connectivity index (χ1) is 9.01. The molecule has 0 radical (unpaired) electrons. The molecule has 104 valence electrons. The van der Waals surface area contributed by atoms with Gasteiger partial charge in [0.15, 0.2) is 0 Å². The first kappa shape index (κ1) is 13.8. The zero-order valence-electron chi connectivity index (χ0n) is 11.9. The number of carbonyl (C=O) groups is 1. The average molecular weight is 262 g/mol. The van der Waals surface area contributed by atoms with E-state index in [0.29, 0.717) is 5.56 Å². The van der Waals surface area contributed by atoms with Crippen molar-refractivity contribution in [3.63, 3.8) is 0 Å².